The van der Waals surface area contributed by atoms with Crippen LogP contribution in [0.1, 0.15) is 30.9 Å². The number of rotatable bonds is 1. The highest BCUT2D eigenvalue weighted by atomic mass is 35.5. The lowest BCUT2D eigenvalue weighted by molar-refractivity contribution is -0.116. The molecule has 106 valence electrons. The first-order valence-corrected chi connectivity index (χ1v) is 7.30. The maximum absolute atomic E-state index is 12.4. The first kappa shape index (κ1) is 12.6. The summed E-state index contributed by atoms with van der Waals surface area (Å²) >= 11 is 5.97. The fourth-order valence-corrected chi connectivity index (χ4v) is 3.18. The number of nitrogens with zero attached hydrogens (tertiary/aromatic N) is 3. The number of hydrogen-bond acceptors (Lipinski definition) is 4. The molecule has 1 atom stereocenters. The summed E-state index contributed by atoms with van der Waals surface area (Å²) in [6.07, 6.45) is 3.85. The van der Waals surface area contributed by atoms with Gasteiger partial charge in [-0.3, -0.25) is 4.79 Å². The van der Waals surface area contributed by atoms with Crippen LogP contribution in [0.25, 0.3) is 0 Å². The van der Waals surface area contributed by atoms with E-state index in [0.717, 1.165) is 29.7 Å². The highest BCUT2D eigenvalue weighted by Crippen LogP contribution is 2.39. The maximum Gasteiger partial charge on any atom is 0.226 e. The van der Waals surface area contributed by atoms with Crippen LogP contribution in [0.15, 0.2) is 41.9 Å². The van der Waals surface area contributed by atoms with E-state index < -0.39 is 0 Å². The van der Waals surface area contributed by atoms with Crippen LogP contribution in [0.4, 0.5) is 5.95 Å². The number of carbonyl (C=O) groups excluding carboxylic acids is 1. The van der Waals surface area contributed by atoms with E-state index in [2.05, 4.69) is 15.4 Å². The summed E-state index contributed by atoms with van der Waals surface area (Å²) in [5, 5.41) is 8.21. The summed E-state index contributed by atoms with van der Waals surface area (Å²) in [6, 6.07) is 7.34. The summed E-state index contributed by atoms with van der Waals surface area (Å²) in [5.74, 6) is 0.869. The van der Waals surface area contributed by atoms with Gasteiger partial charge >= 0.3 is 0 Å². The topological polar surface area (TPSA) is 59.8 Å². The minimum Gasteiger partial charge on any atom is -0.328 e. The molecule has 6 heteroatoms. The van der Waals surface area contributed by atoms with Gasteiger partial charge in [-0.25, -0.2) is 4.68 Å². The predicted octanol–water partition coefficient (Wildman–Crippen LogP) is 2.95. The van der Waals surface area contributed by atoms with E-state index >= 15 is 0 Å². The Morgan fingerprint density at radius 1 is 1.24 bits per heavy atom. The Balaban J connectivity index is 1.91. The smallest absolute Gasteiger partial charge is 0.226 e. The first-order valence-electron chi connectivity index (χ1n) is 6.92. The Kier molecular flexibility index (Phi) is 2.82. The van der Waals surface area contributed by atoms with Gasteiger partial charge in [0.1, 0.15) is 12.4 Å². The van der Waals surface area contributed by atoms with E-state index in [4.69, 9.17) is 11.6 Å². The molecule has 1 aliphatic heterocycles. The molecule has 0 saturated heterocycles. The van der Waals surface area contributed by atoms with Crippen molar-refractivity contribution >= 4 is 23.3 Å². The molecule has 0 fully saturated rings. The van der Waals surface area contributed by atoms with Crippen LogP contribution >= 0.6 is 11.6 Å². The standard InChI is InChI=1S/C15H13ClN4O/c16-10-6-4-9(5-7-10)14-13-11(2-1-3-12(13)21)19-15-17-8-18-20(14)15/h4-8,14H,1-3H2,(H,17,18,19)/t14-/m0/s1. The van der Waals surface area contributed by atoms with Crippen molar-refractivity contribution in [3.8, 4) is 0 Å². The summed E-state index contributed by atoms with van der Waals surface area (Å²) in [5.41, 5.74) is 2.78. The van der Waals surface area contributed by atoms with Gasteiger partial charge in [0.05, 0.1) is 0 Å². The van der Waals surface area contributed by atoms with Crippen molar-refractivity contribution in [1.29, 1.82) is 0 Å². The van der Waals surface area contributed by atoms with E-state index in [1.165, 1.54) is 6.33 Å². The molecule has 1 N–H and O–H groups in total. The number of hydrogen-bond donors (Lipinski definition) is 1. The first-order chi connectivity index (χ1) is 10.2. The minimum absolute atomic E-state index is 0.185. The van der Waals surface area contributed by atoms with Crippen LogP contribution in [-0.4, -0.2) is 20.5 Å². The lowest BCUT2D eigenvalue weighted by atomic mass is 9.85. The second kappa shape index (κ2) is 4.70. The normalized spacial score (nSPS) is 20.8. The Morgan fingerprint density at radius 3 is 2.86 bits per heavy atom. The summed E-state index contributed by atoms with van der Waals surface area (Å²) in [6.45, 7) is 0. The van der Waals surface area contributed by atoms with Crippen LogP contribution in [-0.2, 0) is 4.79 Å². The average Bonchev–Trinajstić information content (AvgIpc) is 2.94. The predicted molar refractivity (Wildman–Crippen MR) is 79.1 cm³/mol. The number of benzene rings is 1. The molecule has 2 aromatic rings. The molecule has 0 bridgehead atoms. The number of anilines is 1. The van der Waals surface area contributed by atoms with Gasteiger partial charge in [0.15, 0.2) is 5.78 Å². The van der Waals surface area contributed by atoms with Crippen molar-refractivity contribution in [2.24, 2.45) is 0 Å². The third-order valence-corrected chi connectivity index (χ3v) is 4.25. The third-order valence-electron chi connectivity index (χ3n) is 4.00. The van der Waals surface area contributed by atoms with Gasteiger partial charge in [0.2, 0.25) is 5.95 Å². The lowest BCUT2D eigenvalue weighted by Crippen LogP contribution is -2.31. The molecule has 21 heavy (non-hydrogen) atoms. The number of nitrogens with one attached hydrogen (secondary N) is 1. The van der Waals surface area contributed by atoms with Gasteiger partial charge in [-0.2, -0.15) is 10.1 Å². The number of ketones is 1. The van der Waals surface area contributed by atoms with Crippen molar-refractivity contribution < 1.29 is 4.79 Å². The second-order valence-electron chi connectivity index (χ2n) is 5.28. The second-order valence-corrected chi connectivity index (χ2v) is 5.71. The van der Waals surface area contributed by atoms with Crippen LogP contribution in [0.2, 0.25) is 5.02 Å². The fraction of sp³-hybridized carbons (Fsp3) is 0.267. The molecule has 1 aromatic carbocycles. The van der Waals surface area contributed by atoms with E-state index in [-0.39, 0.29) is 11.8 Å². The van der Waals surface area contributed by atoms with Gasteiger partial charge in [0, 0.05) is 22.7 Å². The van der Waals surface area contributed by atoms with Gasteiger partial charge in [-0.1, -0.05) is 23.7 Å². The molecule has 1 aliphatic carbocycles. The Morgan fingerprint density at radius 2 is 2.05 bits per heavy atom. The SMILES string of the molecule is O=C1CCCC2=C1[C@H](c1ccc(Cl)cc1)n1ncnc1N2. The van der Waals surface area contributed by atoms with Crippen molar-refractivity contribution in [1.82, 2.24) is 14.8 Å². The summed E-state index contributed by atoms with van der Waals surface area (Å²) in [4.78, 5) is 16.7. The summed E-state index contributed by atoms with van der Waals surface area (Å²) in [7, 11) is 0. The monoisotopic (exact) mass is 300 g/mol. The van der Waals surface area contributed by atoms with Crippen LogP contribution < -0.4 is 5.32 Å². The van der Waals surface area contributed by atoms with E-state index in [1.54, 1.807) is 4.68 Å². The molecule has 0 spiro atoms. The van der Waals surface area contributed by atoms with Gasteiger partial charge < -0.3 is 5.32 Å². The molecule has 0 unspecified atom stereocenters. The zero-order valence-corrected chi connectivity index (χ0v) is 12.0. The third kappa shape index (κ3) is 1.96. The quantitative estimate of drug-likeness (QED) is 0.879. The minimum atomic E-state index is -0.219. The number of halogens is 1. The van der Waals surface area contributed by atoms with Crippen molar-refractivity contribution in [2.75, 3.05) is 5.32 Å². The van der Waals surface area contributed by atoms with E-state index in [0.29, 0.717) is 17.4 Å². The van der Waals surface area contributed by atoms with Crippen LogP contribution in [0.5, 0.6) is 0 Å². The molecule has 5 nitrogen and oxygen atoms in total. The fourth-order valence-electron chi connectivity index (χ4n) is 3.05. The number of allylic oxidation sites excluding steroid dienone is 2. The van der Waals surface area contributed by atoms with Crippen LogP contribution in [0, 0.1) is 0 Å². The molecule has 0 radical (unpaired) electrons. The average molecular weight is 301 g/mol. The number of aromatic nitrogens is 3. The highest BCUT2D eigenvalue weighted by molar-refractivity contribution is 6.30. The zero-order valence-electron chi connectivity index (χ0n) is 11.2. The summed E-state index contributed by atoms with van der Waals surface area (Å²) < 4.78 is 1.77. The van der Waals surface area contributed by atoms with E-state index in [1.807, 2.05) is 24.3 Å². The van der Waals surface area contributed by atoms with Crippen molar-refractivity contribution in [3.05, 3.63) is 52.4 Å². The number of carbonyl (C=O) groups is 1. The van der Waals surface area contributed by atoms with Gasteiger partial charge in [0.25, 0.3) is 0 Å². The number of Topliss-reactive ketones (excluding diaryl/α,β-unsaturated/α-hetero) is 1. The van der Waals surface area contributed by atoms with Gasteiger partial charge in [-0.15, -0.1) is 0 Å². The van der Waals surface area contributed by atoms with Crippen molar-refractivity contribution in [2.45, 2.75) is 25.3 Å². The molecule has 4 rings (SSSR count). The molecule has 0 saturated carbocycles. The van der Waals surface area contributed by atoms with Crippen molar-refractivity contribution in [3.63, 3.8) is 0 Å². The van der Waals surface area contributed by atoms with Gasteiger partial charge in [-0.05, 0) is 30.5 Å². The molecule has 0 amide bonds. The molecule has 2 aliphatic rings. The Labute approximate surface area is 126 Å². The van der Waals surface area contributed by atoms with E-state index in [9.17, 15) is 4.79 Å². The zero-order chi connectivity index (χ0) is 14.4. The highest BCUT2D eigenvalue weighted by Gasteiger charge is 2.35. The molecular weight excluding hydrogens is 288 g/mol. The Bertz CT molecular complexity index is 747. The maximum atomic E-state index is 12.4. The molecule has 2 heterocycles. The van der Waals surface area contributed by atoms with Crippen LogP contribution in [0.3, 0.4) is 0 Å². The largest absolute Gasteiger partial charge is 0.328 e. The molecule has 1 aromatic heterocycles. The Hall–Kier alpha value is -2.14. The number of fused-ring (bicyclic) bond motifs is 1. The molecular formula is C15H13ClN4O. The lowest BCUT2D eigenvalue weighted by Gasteiger charge is -2.32.